The number of H-pyrrole nitrogens is 1. The van der Waals surface area contributed by atoms with E-state index in [2.05, 4.69) is 19.9 Å². The molecule has 3 aromatic heterocycles. The Bertz CT molecular complexity index is 612. The van der Waals surface area contributed by atoms with Gasteiger partial charge in [-0.2, -0.15) is 0 Å². The van der Waals surface area contributed by atoms with Crippen LogP contribution in [0.2, 0.25) is 0 Å². The van der Waals surface area contributed by atoms with E-state index < -0.39 is 0 Å². The van der Waals surface area contributed by atoms with E-state index in [1.807, 2.05) is 18.2 Å². The van der Waals surface area contributed by atoms with Crippen molar-refractivity contribution in [2.45, 2.75) is 0 Å². The third kappa shape index (κ3) is 1.71. The van der Waals surface area contributed by atoms with E-state index in [4.69, 9.17) is 4.74 Å². The molecule has 3 heterocycles. The second-order valence-electron chi connectivity index (χ2n) is 3.55. The van der Waals surface area contributed by atoms with Crippen molar-refractivity contribution >= 4 is 11.2 Å². The molecule has 0 aliphatic carbocycles. The van der Waals surface area contributed by atoms with Crippen LogP contribution in [-0.2, 0) is 0 Å². The Morgan fingerprint density at radius 2 is 2.12 bits per heavy atom. The molecule has 0 aromatic carbocycles. The highest BCUT2D eigenvalue weighted by Gasteiger charge is 2.05. The first kappa shape index (κ1) is 9.77. The van der Waals surface area contributed by atoms with Crippen LogP contribution >= 0.6 is 0 Å². The average molecular weight is 226 g/mol. The summed E-state index contributed by atoms with van der Waals surface area (Å²) in [5, 5.41) is 0. The summed E-state index contributed by atoms with van der Waals surface area (Å²) in [7, 11) is 1.59. The second kappa shape index (κ2) is 3.86. The fraction of sp³-hybridized carbons (Fsp3) is 0.0833. The molecule has 17 heavy (non-hydrogen) atoms. The smallest absolute Gasteiger partial charge is 0.212 e. The molecular weight excluding hydrogens is 216 g/mol. The summed E-state index contributed by atoms with van der Waals surface area (Å²) in [4.78, 5) is 15.9. The van der Waals surface area contributed by atoms with Crippen molar-refractivity contribution in [3.8, 4) is 17.3 Å². The van der Waals surface area contributed by atoms with Crippen molar-refractivity contribution in [1.29, 1.82) is 0 Å². The lowest BCUT2D eigenvalue weighted by atomic mass is 10.3. The topological polar surface area (TPSA) is 63.7 Å². The minimum atomic E-state index is 0.586. The molecule has 5 heteroatoms. The summed E-state index contributed by atoms with van der Waals surface area (Å²) >= 11 is 0. The predicted octanol–water partition coefficient (Wildman–Crippen LogP) is 2.03. The van der Waals surface area contributed by atoms with Crippen molar-refractivity contribution < 1.29 is 4.74 Å². The van der Waals surface area contributed by atoms with Crippen LogP contribution < -0.4 is 4.74 Å². The summed E-state index contributed by atoms with van der Waals surface area (Å²) in [6, 6.07) is 7.52. The first-order valence-corrected chi connectivity index (χ1v) is 5.18. The molecule has 84 valence electrons. The Labute approximate surface area is 97.5 Å². The van der Waals surface area contributed by atoms with E-state index in [0.29, 0.717) is 11.5 Å². The van der Waals surface area contributed by atoms with Crippen LogP contribution in [0.1, 0.15) is 0 Å². The monoisotopic (exact) mass is 226 g/mol. The van der Waals surface area contributed by atoms with Gasteiger partial charge in [0, 0.05) is 24.0 Å². The molecule has 3 aromatic rings. The van der Waals surface area contributed by atoms with Crippen LogP contribution in [0.25, 0.3) is 22.6 Å². The van der Waals surface area contributed by atoms with Crippen molar-refractivity contribution in [1.82, 2.24) is 19.9 Å². The summed E-state index contributed by atoms with van der Waals surface area (Å²) in [6.07, 6.45) is 3.44. The maximum atomic E-state index is 5.01. The number of aromatic amines is 1. The van der Waals surface area contributed by atoms with E-state index in [9.17, 15) is 0 Å². The number of nitrogens with zero attached hydrogens (tertiary/aromatic N) is 3. The minimum absolute atomic E-state index is 0.586. The summed E-state index contributed by atoms with van der Waals surface area (Å²) in [5.74, 6) is 1.34. The van der Waals surface area contributed by atoms with Gasteiger partial charge in [-0.05, 0) is 18.2 Å². The Balaban J connectivity index is 2.07. The van der Waals surface area contributed by atoms with E-state index in [1.54, 1.807) is 25.6 Å². The van der Waals surface area contributed by atoms with Gasteiger partial charge in [0.05, 0.1) is 12.6 Å². The third-order valence-corrected chi connectivity index (χ3v) is 2.48. The number of imidazole rings is 1. The molecule has 0 radical (unpaired) electrons. The number of ether oxygens (including phenoxy) is 1. The standard InChI is InChI=1S/C12H10N4O/c1-17-10-5-4-8(7-14-10)11-15-9-3-2-6-13-12(9)16-11/h2-7H,1H3,(H,13,15,16). The number of nitrogens with one attached hydrogen (secondary N) is 1. The van der Waals surface area contributed by atoms with Crippen molar-refractivity contribution in [3.63, 3.8) is 0 Å². The highest BCUT2D eigenvalue weighted by Crippen LogP contribution is 2.19. The van der Waals surface area contributed by atoms with Crippen LogP contribution in [-0.4, -0.2) is 27.0 Å². The molecule has 0 amide bonds. The normalized spacial score (nSPS) is 10.6. The van der Waals surface area contributed by atoms with E-state index >= 15 is 0 Å². The molecule has 0 spiro atoms. The predicted molar refractivity (Wildman–Crippen MR) is 63.7 cm³/mol. The first-order valence-electron chi connectivity index (χ1n) is 5.18. The molecule has 3 rings (SSSR count). The summed E-state index contributed by atoms with van der Waals surface area (Å²) in [5.41, 5.74) is 2.53. The van der Waals surface area contributed by atoms with Crippen LogP contribution in [0, 0.1) is 0 Å². The Morgan fingerprint density at radius 1 is 1.18 bits per heavy atom. The molecule has 0 unspecified atom stereocenters. The van der Waals surface area contributed by atoms with E-state index in [0.717, 1.165) is 16.9 Å². The van der Waals surface area contributed by atoms with Gasteiger partial charge in [-0.15, -0.1) is 0 Å². The maximum Gasteiger partial charge on any atom is 0.212 e. The molecule has 0 bridgehead atoms. The number of aromatic nitrogens is 4. The minimum Gasteiger partial charge on any atom is -0.481 e. The zero-order valence-electron chi connectivity index (χ0n) is 9.21. The Hall–Kier alpha value is -2.43. The molecule has 0 aliphatic heterocycles. The van der Waals surface area contributed by atoms with Crippen LogP contribution in [0.15, 0.2) is 36.7 Å². The molecule has 0 saturated carbocycles. The maximum absolute atomic E-state index is 5.01. The summed E-state index contributed by atoms with van der Waals surface area (Å²) < 4.78 is 5.01. The van der Waals surface area contributed by atoms with Gasteiger partial charge in [0.25, 0.3) is 0 Å². The van der Waals surface area contributed by atoms with Crippen molar-refractivity contribution in [2.24, 2.45) is 0 Å². The second-order valence-corrected chi connectivity index (χ2v) is 3.55. The number of hydrogen-bond donors (Lipinski definition) is 1. The third-order valence-electron chi connectivity index (χ3n) is 2.48. The van der Waals surface area contributed by atoms with Gasteiger partial charge in [-0.25, -0.2) is 15.0 Å². The number of pyridine rings is 2. The van der Waals surface area contributed by atoms with Gasteiger partial charge in [-0.1, -0.05) is 0 Å². The lowest BCUT2D eigenvalue weighted by molar-refractivity contribution is 0.398. The molecule has 0 saturated heterocycles. The van der Waals surface area contributed by atoms with Crippen LogP contribution in [0.5, 0.6) is 5.88 Å². The highest BCUT2D eigenvalue weighted by molar-refractivity contribution is 5.75. The molecule has 1 N–H and O–H groups in total. The molecule has 5 nitrogen and oxygen atoms in total. The van der Waals surface area contributed by atoms with Gasteiger partial charge in [0.2, 0.25) is 5.88 Å². The Morgan fingerprint density at radius 3 is 2.82 bits per heavy atom. The molecule has 0 atom stereocenters. The lowest BCUT2D eigenvalue weighted by Crippen LogP contribution is -1.87. The van der Waals surface area contributed by atoms with Gasteiger partial charge in [0.1, 0.15) is 5.82 Å². The van der Waals surface area contributed by atoms with E-state index in [-0.39, 0.29) is 0 Å². The number of hydrogen-bond acceptors (Lipinski definition) is 4. The van der Waals surface area contributed by atoms with Crippen molar-refractivity contribution in [3.05, 3.63) is 36.7 Å². The van der Waals surface area contributed by atoms with Gasteiger partial charge in [-0.3, -0.25) is 0 Å². The lowest BCUT2D eigenvalue weighted by Gasteiger charge is -1.98. The largest absolute Gasteiger partial charge is 0.481 e. The first-order chi connectivity index (χ1) is 8.36. The fourth-order valence-corrected chi connectivity index (χ4v) is 1.62. The fourth-order valence-electron chi connectivity index (χ4n) is 1.62. The van der Waals surface area contributed by atoms with E-state index in [1.165, 1.54) is 0 Å². The zero-order chi connectivity index (χ0) is 11.7. The van der Waals surface area contributed by atoms with Gasteiger partial charge >= 0.3 is 0 Å². The molecule has 0 fully saturated rings. The SMILES string of the molecule is COc1ccc(-c2nc3ncccc3[nH]2)cn1. The zero-order valence-corrected chi connectivity index (χ0v) is 9.21. The summed E-state index contributed by atoms with van der Waals surface area (Å²) in [6.45, 7) is 0. The number of fused-ring (bicyclic) bond motifs is 1. The average Bonchev–Trinajstić information content (AvgIpc) is 2.82. The van der Waals surface area contributed by atoms with Gasteiger partial charge < -0.3 is 9.72 Å². The number of methoxy groups -OCH3 is 1. The van der Waals surface area contributed by atoms with Gasteiger partial charge in [0.15, 0.2) is 5.65 Å². The highest BCUT2D eigenvalue weighted by atomic mass is 16.5. The molecule has 0 aliphatic rings. The quantitative estimate of drug-likeness (QED) is 0.726. The Kier molecular flexibility index (Phi) is 2.22. The van der Waals surface area contributed by atoms with Crippen molar-refractivity contribution in [2.75, 3.05) is 7.11 Å². The van der Waals surface area contributed by atoms with Crippen LogP contribution in [0.4, 0.5) is 0 Å². The number of rotatable bonds is 2. The van der Waals surface area contributed by atoms with Crippen LogP contribution in [0.3, 0.4) is 0 Å². The molecular formula is C12H10N4O.